The molecule has 0 aliphatic carbocycles. The van der Waals surface area contributed by atoms with Crippen LogP contribution in [-0.4, -0.2) is 22.5 Å². The normalized spacial score (nSPS) is 12.3. The number of carboxylic acid groups (broad SMARTS) is 1. The second-order valence-electron chi connectivity index (χ2n) is 5.20. The second-order valence-corrected chi connectivity index (χ2v) is 5.20. The van der Waals surface area contributed by atoms with Crippen LogP contribution in [0.1, 0.15) is 29.7 Å². The van der Waals surface area contributed by atoms with E-state index in [9.17, 15) is 9.90 Å². The molecule has 0 saturated heterocycles. The van der Waals surface area contributed by atoms with Crippen molar-refractivity contribution in [2.45, 2.75) is 26.4 Å². The molecule has 0 bridgehead atoms. The van der Waals surface area contributed by atoms with E-state index in [0.717, 1.165) is 16.7 Å². The molecule has 110 valence electrons. The molecule has 0 fully saturated rings. The van der Waals surface area contributed by atoms with Gasteiger partial charge in [-0.3, -0.25) is 9.69 Å². The molecule has 0 radical (unpaired) electrons. The monoisotopic (exact) mass is 283 g/mol. The van der Waals surface area contributed by atoms with Gasteiger partial charge in [-0.25, -0.2) is 0 Å². The topological polar surface area (TPSA) is 40.5 Å². The first kappa shape index (κ1) is 15.3. The maximum atomic E-state index is 11.7. The molecule has 0 amide bonds. The number of likely N-dealkylation sites (N-methyl/N-ethyl adjacent to an activating group) is 1. The van der Waals surface area contributed by atoms with Crippen LogP contribution in [0.25, 0.3) is 0 Å². The summed E-state index contributed by atoms with van der Waals surface area (Å²) in [7, 11) is 0. The Morgan fingerprint density at radius 3 is 2.24 bits per heavy atom. The maximum Gasteiger partial charge on any atom is 0.325 e. The number of rotatable bonds is 6. The van der Waals surface area contributed by atoms with E-state index in [2.05, 4.69) is 0 Å². The van der Waals surface area contributed by atoms with Crippen LogP contribution < -0.4 is 0 Å². The molecule has 1 atom stereocenters. The minimum absolute atomic E-state index is 0.615. The van der Waals surface area contributed by atoms with Crippen LogP contribution in [0.15, 0.2) is 54.6 Å². The van der Waals surface area contributed by atoms with Gasteiger partial charge in [0.1, 0.15) is 6.04 Å². The second kappa shape index (κ2) is 7.04. The Kier molecular flexibility index (Phi) is 5.12. The van der Waals surface area contributed by atoms with Crippen molar-refractivity contribution in [1.29, 1.82) is 0 Å². The van der Waals surface area contributed by atoms with Gasteiger partial charge in [0.05, 0.1) is 0 Å². The van der Waals surface area contributed by atoms with Crippen LogP contribution in [0.2, 0.25) is 0 Å². The fraction of sp³-hybridized carbons (Fsp3) is 0.278. The van der Waals surface area contributed by atoms with E-state index in [-0.39, 0.29) is 0 Å². The van der Waals surface area contributed by atoms with Crippen molar-refractivity contribution in [2.24, 2.45) is 0 Å². The first-order valence-corrected chi connectivity index (χ1v) is 7.19. The van der Waals surface area contributed by atoms with Crippen LogP contribution >= 0.6 is 0 Å². The van der Waals surface area contributed by atoms with E-state index in [4.69, 9.17) is 0 Å². The van der Waals surface area contributed by atoms with E-state index in [1.165, 1.54) is 0 Å². The highest BCUT2D eigenvalue weighted by Gasteiger charge is 2.26. The van der Waals surface area contributed by atoms with E-state index >= 15 is 0 Å². The molecular formula is C18H21NO2. The zero-order chi connectivity index (χ0) is 15.2. The third kappa shape index (κ3) is 3.92. The molecule has 2 aromatic carbocycles. The van der Waals surface area contributed by atoms with Crippen molar-refractivity contribution >= 4 is 5.97 Å². The lowest BCUT2D eigenvalue weighted by Gasteiger charge is -2.28. The fourth-order valence-corrected chi connectivity index (χ4v) is 2.46. The summed E-state index contributed by atoms with van der Waals surface area (Å²) in [5, 5.41) is 9.63. The average Bonchev–Trinajstić information content (AvgIpc) is 2.49. The zero-order valence-corrected chi connectivity index (χ0v) is 12.5. The smallest absolute Gasteiger partial charge is 0.325 e. The molecule has 21 heavy (non-hydrogen) atoms. The Bertz CT molecular complexity index is 578. The third-order valence-corrected chi connectivity index (χ3v) is 3.63. The predicted octanol–water partition coefficient (Wildman–Crippen LogP) is 3.64. The highest BCUT2D eigenvalue weighted by Crippen LogP contribution is 2.23. The molecule has 3 nitrogen and oxygen atoms in total. The van der Waals surface area contributed by atoms with Gasteiger partial charge in [-0.2, -0.15) is 0 Å². The number of benzene rings is 2. The number of carboxylic acids is 1. The number of aryl methyl sites for hydroxylation is 1. The van der Waals surface area contributed by atoms with Crippen LogP contribution in [0.5, 0.6) is 0 Å². The molecule has 1 unspecified atom stereocenters. The lowest BCUT2D eigenvalue weighted by atomic mass is 10.0. The van der Waals surface area contributed by atoms with E-state index in [1.54, 1.807) is 0 Å². The van der Waals surface area contributed by atoms with Crippen molar-refractivity contribution < 1.29 is 9.90 Å². The molecule has 0 aromatic heterocycles. The summed E-state index contributed by atoms with van der Waals surface area (Å²) >= 11 is 0. The Labute approximate surface area is 125 Å². The van der Waals surface area contributed by atoms with Crippen LogP contribution in [0.4, 0.5) is 0 Å². The van der Waals surface area contributed by atoms with Crippen LogP contribution in [0.3, 0.4) is 0 Å². The summed E-state index contributed by atoms with van der Waals surface area (Å²) in [5.74, 6) is -0.809. The third-order valence-electron chi connectivity index (χ3n) is 3.63. The summed E-state index contributed by atoms with van der Waals surface area (Å²) in [5.41, 5.74) is 3.08. The summed E-state index contributed by atoms with van der Waals surface area (Å²) in [6, 6.07) is 17.1. The molecule has 0 aliphatic heterocycles. The van der Waals surface area contributed by atoms with Gasteiger partial charge in [-0.15, -0.1) is 0 Å². The highest BCUT2D eigenvalue weighted by molar-refractivity contribution is 5.75. The van der Waals surface area contributed by atoms with Crippen molar-refractivity contribution in [3.63, 3.8) is 0 Å². The zero-order valence-electron chi connectivity index (χ0n) is 12.5. The maximum absolute atomic E-state index is 11.7. The Morgan fingerprint density at radius 1 is 1.10 bits per heavy atom. The summed E-state index contributed by atoms with van der Waals surface area (Å²) in [4.78, 5) is 13.7. The standard InChI is InChI=1S/C18H21NO2/c1-3-19(13-15-7-5-4-6-8-15)17(18(20)21)16-11-9-14(2)10-12-16/h4-12,17H,3,13H2,1-2H3,(H,20,21). The summed E-state index contributed by atoms with van der Waals surface area (Å²) in [6.07, 6.45) is 0. The number of aliphatic carboxylic acids is 1. The Balaban J connectivity index is 2.26. The number of carbonyl (C=O) groups is 1. The highest BCUT2D eigenvalue weighted by atomic mass is 16.4. The largest absolute Gasteiger partial charge is 0.480 e. The van der Waals surface area contributed by atoms with Crippen LogP contribution in [-0.2, 0) is 11.3 Å². The quantitative estimate of drug-likeness (QED) is 0.880. The van der Waals surface area contributed by atoms with E-state index in [0.29, 0.717) is 13.1 Å². The Morgan fingerprint density at radius 2 is 1.71 bits per heavy atom. The molecule has 0 aliphatic rings. The minimum Gasteiger partial charge on any atom is -0.480 e. The minimum atomic E-state index is -0.809. The first-order valence-electron chi connectivity index (χ1n) is 7.19. The van der Waals surface area contributed by atoms with Gasteiger partial charge in [-0.1, -0.05) is 67.1 Å². The summed E-state index contributed by atoms with van der Waals surface area (Å²) in [6.45, 7) is 5.30. The SMILES string of the molecule is CCN(Cc1ccccc1)C(C(=O)O)c1ccc(C)cc1. The predicted molar refractivity (Wildman–Crippen MR) is 84.1 cm³/mol. The van der Waals surface area contributed by atoms with Gasteiger partial charge in [0.15, 0.2) is 0 Å². The molecule has 1 N–H and O–H groups in total. The van der Waals surface area contributed by atoms with Crippen LogP contribution in [0, 0.1) is 6.92 Å². The number of hydrogen-bond donors (Lipinski definition) is 1. The Hall–Kier alpha value is -2.13. The van der Waals surface area contributed by atoms with Crippen molar-refractivity contribution in [2.75, 3.05) is 6.54 Å². The molecular weight excluding hydrogens is 262 g/mol. The van der Waals surface area contributed by atoms with Gasteiger partial charge in [0.25, 0.3) is 0 Å². The van der Waals surface area contributed by atoms with Crippen molar-refractivity contribution in [1.82, 2.24) is 4.90 Å². The van der Waals surface area contributed by atoms with Gasteiger partial charge in [0.2, 0.25) is 0 Å². The molecule has 0 spiro atoms. The van der Waals surface area contributed by atoms with Gasteiger partial charge in [-0.05, 0) is 24.6 Å². The van der Waals surface area contributed by atoms with Gasteiger partial charge < -0.3 is 5.11 Å². The van der Waals surface area contributed by atoms with Gasteiger partial charge in [0, 0.05) is 6.54 Å². The molecule has 0 heterocycles. The lowest BCUT2D eigenvalue weighted by Crippen LogP contribution is -2.33. The molecule has 2 rings (SSSR count). The van der Waals surface area contributed by atoms with E-state index in [1.807, 2.05) is 73.3 Å². The molecule has 2 aromatic rings. The van der Waals surface area contributed by atoms with Crippen molar-refractivity contribution in [3.05, 3.63) is 71.3 Å². The lowest BCUT2D eigenvalue weighted by molar-refractivity contribution is -0.143. The number of nitrogens with zero attached hydrogens (tertiary/aromatic N) is 1. The number of hydrogen-bond acceptors (Lipinski definition) is 2. The van der Waals surface area contributed by atoms with Gasteiger partial charge >= 0.3 is 5.97 Å². The summed E-state index contributed by atoms with van der Waals surface area (Å²) < 4.78 is 0. The van der Waals surface area contributed by atoms with E-state index < -0.39 is 12.0 Å². The first-order chi connectivity index (χ1) is 10.1. The van der Waals surface area contributed by atoms with Crippen molar-refractivity contribution in [3.8, 4) is 0 Å². The molecule has 3 heteroatoms. The molecule has 0 saturated carbocycles. The fourth-order valence-electron chi connectivity index (χ4n) is 2.46. The average molecular weight is 283 g/mol.